The summed E-state index contributed by atoms with van der Waals surface area (Å²) in [5.74, 6) is -104. The Bertz CT molecular complexity index is 1740. The summed E-state index contributed by atoms with van der Waals surface area (Å²) in [4.78, 5) is 31.5. The molecule has 0 aliphatic heterocycles. The van der Waals surface area contributed by atoms with E-state index in [9.17, 15) is 135 Å². The van der Waals surface area contributed by atoms with Crippen LogP contribution < -0.4 is 4.74 Å². The standard InChI is InChI=1S/C24H13F25N2O7/c1-3-7(2)9-4-8(50(53)54)5-10(51(55)56)11(9)58-12(52)57-6-13(25,26)14(27,28)15(29,30)16(31,32)17(33,34)18(35,36)19(37,38)20(39,40)21(41,42)22(43,44)23(45,46)24(47,48)49/h4-5,7H,3,6H2,1-2H3. The average Bonchev–Trinajstić information content (AvgIpc) is 3.05. The molecule has 0 bridgehead atoms. The highest BCUT2D eigenvalue weighted by Crippen LogP contribution is 2.67. The van der Waals surface area contributed by atoms with E-state index in [-0.39, 0.29) is 12.5 Å². The molecule has 1 aromatic carbocycles. The van der Waals surface area contributed by atoms with Crippen molar-refractivity contribution in [2.24, 2.45) is 0 Å². The van der Waals surface area contributed by atoms with Gasteiger partial charge in [0.05, 0.1) is 15.9 Å². The number of carbonyl (C=O) groups is 1. The SMILES string of the molecule is CCC(C)c1cc([N+](=O)[O-])cc([N+](=O)[O-])c1OC(=O)OCC(F)(F)C(F)(F)C(F)(F)C(F)(F)C(F)(F)C(F)(F)C(F)(F)C(F)(F)C(F)(F)C(F)(F)C(F)(F)C(F)(F)F. The van der Waals surface area contributed by atoms with Gasteiger partial charge in [-0.05, 0) is 12.3 Å². The summed E-state index contributed by atoms with van der Waals surface area (Å²) < 4.78 is 348. The van der Waals surface area contributed by atoms with Gasteiger partial charge in [0.1, 0.15) is 0 Å². The molecule has 1 aromatic rings. The van der Waals surface area contributed by atoms with Crippen molar-refractivity contribution in [3.05, 3.63) is 37.9 Å². The highest BCUT2D eigenvalue weighted by molar-refractivity contribution is 5.70. The Labute approximate surface area is 300 Å². The van der Waals surface area contributed by atoms with E-state index in [2.05, 4.69) is 9.47 Å². The Morgan fingerprint density at radius 1 is 0.569 bits per heavy atom. The number of benzene rings is 1. The minimum absolute atomic E-state index is 0.0142. The van der Waals surface area contributed by atoms with Gasteiger partial charge in [-0.3, -0.25) is 20.2 Å². The van der Waals surface area contributed by atoms with Gasteiger partial charge in [-0.2, -0.15) is 110 Å². The van der Waals surface area contributed by atoms with Crippen LogP contribution in [0.3, 0.4) is 0 Å². The van der Waals surface area contributed by atoms with Gasteiger partial charge in [-0.15, -0.1) is 0 Å². The quantitative estimate of drug-likeness (QED) is 0.0501. The molecule has 1 atom stereocenters. The van der Waals surface area contributed by atoms with Gasteiger partial charge in [0, 0.05) is 11.6 Å². The molecule has 0 aliphatic carbocycles. The summed E-state index contributed by atoms with van der Waals surface area (Å²) in [5.41, 5.74) is -3.59. The van der Waals surface area contributed by atoms with E-state index >= 15 is 0 Å². The van der Waals surface area contributed by atoms with Crippen molar-refractivity contribution in [1.82, 2.24) is 0 Å². The smallest absolute Gasteiger partial charge is 0.427 e. The number of hydrogen-bond donors (Lipinski definition) is 0. The van der Waals surface area contributed by atoms with Crippen LogP contribution in [0.4, 0.5) is 126 Å². The lowest BCUT2D eigenvalue weighted by Gasteiger charge is -2.45. The van der Waals surface area contributed by atoms with E-state index in [0.29, 0.717) is 6.07 Å². The molecule has 0 N–H and O–H groups in total. The first-order valence-electron chi connectivity index (χ1n) is 13.7. The predicted octanol–water partition coefficient (Wildman–Crippen LogP) is 11.1. The van der Waals surface area contributed by atoms with Gasteiger partial charge in [-0.1, -0.05) is 13.8 Å². The van der Waals surface area contributed by atoms with Crippen molar-refractivity contribution in [3.63, 3.8) is 0 Å². The molecule has 1 rings (SSSR count). The number of nitro benzene ring substituents is 2. The summed E-state index contributed by atoms with van der Waals surface area (Å²) in [7, 11) is 0. The normalized spacial score (nSPS) is 15.6. The molecule has 0 heterocycles. The van der Waals surface area contributed by atoms with Crippen LogP contribution in [-0.4, -0.2) is 93.9 Å². The monoisotopic (exact) mass is 916 g/mol. The number of nitro groups is 2. The van der Waals surface area contributed by atoms with Crippen LogP contribution in [0, 0.1) is 20.2 Å². The number of ether oxygens (including phenoxy) is 2. The van der Waals surface area contributed by atoms with Crippen molar-refractivity contribution in [3.8, 4) is 5.75 Å². The van der Waals surface area contributed by atoms with E-state index in [0.717, 1.165) is 6.92 Å². The van der Waals surface area contributed by atoms with Gasteiger partial charge in [0.2, 0.25) is 5.75 Å². The molecule has 1 unspecified atom stereocenters. The molecular formula is C24H13F25N2O7. The molecule has 0 fully saturated rings. The second kappa shape index (κ2) is 14.7. The van der Waals surface area contributed by atoms with Crippen molar-refractivity contribution < 1.29 is 134 Å². The Kier molecular flexibility index (Phi) is 13.0. The predicted molar refractivity (Wildman–Crippen MR) is 131 cm³/mol. The first-order valence-corrected chi connectivity index (χ1v) is 13.7. The van der Waals surface area contributed by atoms with Gasteiger partial charge in [0.25, 0.3) is 5.69 Å². The number of halogens is 25. The fourth-order valence-corrected chi connectivity index (χ4v) is 3.90. The third-order valence-electron chi connectivity index (χ3n) is 7.55. The second-order valence-electron chi connectivity index (χ2n) is 11.3. The van der Waals surface area contributed by atoms with Crippen molar-refractivity contribution in [2.75, 3.05) is 6.61 Å². The highest BCUT2D eigenvalue weighted by atomic mass is 19.4. The van der Waals surface area contributed by atoms with Crippen LogP contribution in [0.5, 0.6) is 5.75 Å². The van der Waals surface area contributed by atoms with Crippen LogP contribution in [0.1, 0.15) is 31.7 Å². The summed E-state index contributed by atoms with van der Waals surface area (Å²) in [6, 6.07) is 0.384. The van der Waals surface area contributed by atoms with Crippen LogP contribution in [-0.2, 0) is 4.74 Å². The van der Waals surface area contributed by atoms with E-state index in [1.807, 2.05) is 0 Å². The Morgan fingerprint density at radius 2 is 0.897 bits per heavy atom. The second-order valence-corrected chi connectivity index (χ2v) is 11.3. The fourth-order valence-electron chi connectivity index (χ4n) is 3.90. The number of hydrogen-bond acceptors (Lipinski definition) is 7. The molecule has 0 spiro atoms. The summed E-state index contributed by atoms with van der Waals surface area (Å²) in [5, 5.41) is 22.4. The maximum absolute atomic E-state index is 14.2. The lowest BCUT2D eigenvalue weighted by atomic mass is 9.84. The first-order chi connectivity index (χ1) is 25.2. The van der Waals surface area contributed by atoms with Gasteiger partial charge in [0.15, 0.2) is 6.61 Å². The summed E-state index contributed by atoms with van der Waals surface area (Å²) in [6.07, 6.45) is -11.5. The molecule has 34 heteroatoms. The maximum Gasteiger partial charge on any atom is 0.514 e. The van der Waals surface area contributed by atoms with Crippen LogP contribution >= 0.6 is 0 Å². The zero-order valence-electron chi connectivity index (χ0n) is 26.8. The minimum Gasteiger partial charge on any atom is -0.427 e. The lowest BCUT2D eigenvalue weighted by Crippen LogP contribution is -2.78. The van der Waals surface area contributed by atoms with Crippen molar-refractivity contribution in [1.29, 1.82) is 0 Å². The molecule has 0 aliphatic rings. The van der Waals surface area contributed by atoms with Crippen molar-refractivity contribution >= 4 is 17.5 Å². The molecule has 0 saturated heterocycles. The summed E-state index contributed by atoms with van der Waals surface area (Å²) >= 11 is 0. The van der Waals surface area contributed by atoms with Crippen LogP contribution in [0.25, 0.3) is 0 Å². The average molecular weight is 916 g/mol. The summed E-state index contributed by atoms with van der Waals surface area (Å²) in [6.45, 7) is -1.67. The Hall–Kier alpha value is -4.46. The van der Waals surface area contributed by atoms with Crippen molar-refractivity contribution in [2.45, 2.75) is 97.5 Å². The molecule has 0 saturated carbocycles. The third kappa shape index (κ3) is 7.27. The Balaban J connectivity index is 3.73. The van der Waals surface area contributed by atoms with E-state index in [1.54, 1.807) is 0 Å². The lowest BCUT2D eigenvalue weighted by molar-refractivity contribution is -0.482. The topological polar surface area (TPSA) is 122 Å². The zero-order chi connectivity index (χ0) is 46.9. The van der Waals surface area contributed by atoms with E-state index in [4.69, 9.17) is 0 Å². The molecule has 336 valence electrons. The van der Waals surface area contributed by atoms with Gasteiger partial charge < -0.3 is 9.47 Å². The zero-order valence-corrected chi connectivity index (χ0v) is 26.8. The molecule has 58 heavy (non-hydrogen) atoms. The van der Waals surface area contributed by atoms with Gasteiger partial charge in [-0.25, -0.2) is 4.79 Å². The number of rotatable bonds is 17. The number of carbonyl (C=O) groups excluding carboxylic acids is 1. The van der Waals surface area contributed by atoms with Crippen LogP contribution in [0.15, 0.2) is 12.1 Å². The number of non-ortho nitro benzene ring substituents is 1. The van der Waals surface area contributed by atoms with Crippen LogP contribution in [0.2, 0.25) is 0 Å². The Morgan fingerprint density at radius 3 is 1.19 bits per heavy atom. The highest BCUT2D eigenvalue weighted by Gasteiger charge is 2.99. The van der Waals surface area contributed by atoms with Gasteiger partial charge >= 0.3 is 83.2 Å². The van der Waals surface area contributed by atoms with E-state index in [1.165, 1.54) is 6.92 Å². The number of nitrogens with zero attached hydrogens (tertiary/aromatic N) is 2. The fraction of sp³-hybridized carbons (Fsp3) is 0.708. The minimum atomic E-state index is -9.78. The molecular weight excluding hydrogens is 903 g/mol. The molecule has 9 nitrogen and oxygen atoms in total. The maximum atomic E-state index is 14.2. The first kappa shape index (κ1) is 51.6. The largest absolute Gasteiger partial charge is 0.514 e. The van der Waals surface area contributed by atoms with E-state index < -0.39 is 123 Å². The number of alkyl halides is 25. The molecule has 0 aromatic heterocycles. The third-order valence-corrected chi connectivity index (χ3v) is 7.55. The molecule has 0 amide bonds. The molecule has 0 radical (unpaired) electrons.